The molecule has 2 fully saturated rings. The van der Waals surface area contributed by atoms with E-state index in [1.165, 1.54) is 0 Å². The number of thioether (sulfide) groups is 1. The van der Waals surface area contributed by atoms with Crippen LogP contribution in [0.1, 0.15) is 26.3 Å². The largest absolute Gasteiger partial charge is 0.459 e. The summed E-state index contributed by atoms with van der Waals surface area (Å²) in [5, 5.41) is 3.20. The molecule has 1 amide bonds. The second-order valence-electron chi connectivity index (χ2n) is 7.17. The zero-order chi connectivity index (χ0) is 18.2. The van der Waals surface area contributed by atoms with Gasteiger partial charge in [-0.2, -0.15) is 0 Å². The molecule has 5 nitrogen and oxygen atoms in total. The van der Waals surface area contributed by atoms with Gasteiger partial charge in [-0.25, -0.2) is 4.79 Å². The second kappa shape index (κ2) is 6.84. The Morgan fingerprint density at radius 3 is 2.68 bits per heavy atom. The van der Waals surface area contributed by atoms with Crippen LogP contribution in [0.4, 0.5) is 0 Å². The number of carbonyl (C=O) groups is 2. The van der Waals surface area contributed by atoms with Crippen LogP contribution in [0.3, 0.4) is 0 Å². The summed E-state index contributed by atoms with van der Waals surface area (Å²) >= 11 is 1.65. The number of esters is 1. The molecule has 0 radical (unpaired) electrons. The highest BCUT2D eigenvalue weighted by molar-refractivity contribution is 8.01. The van der Waals surface area contributed by atoms with Crippen molar-refractivity contribution in [3.63, 3.8) is 0 Å². The predicted molar refractivity (Wildman–Crippen MR) is 98.9 cm³/mol. The van der Waals surface area contributed by atoms with E-state index in [1.54, 1.807) is 16.7 Å². The average Bonchev–Trinajstić information content (AvgIpc) is 2.81. The molecule has 0 bridgehead atoms. The minimum atomic E-state index is -0.554. The van der Waals surface area contributed by atoms with Crippen LogP contribution >= 0.6 is 11.8 Å². The number of benzene rings is 1. The molecule has 1 aromatic rings. The van der Waals surface area contributed by atoms with E-state index >= 15 is 0 Å². The van der Waals surface area contributed by atoms with Crippen LogP contribution in [-0.2, 0) is 20.9 Å². The minimum Gasteiger partial charge on any atom is -0.459 e. The van der Waals surface area contributed by atoms with Gasteiger partial charge in [0.25, 0.3) is 0 Å². The standard InChI is InChI=1S/C19H24N2O3S/c1-12(2)10-20-14-16(22)21-15(19(3,4)25-17(14)21)18(23)24-11-13-8-6-5-7-9-13/h5-9,14-15,17,20H,1,10-11H2,2-4H3/t14?,15-,17+/m0/s1. The molecule has 0 aromatic heterocycles. The van der Waals surface area contributed by atoms with E-state index < -0.39 is 6.04 Å². The number of amides is 1. The smallest absolute Gasteiger partial charge is 0.330 e. The van der Waals surface area contributed by atoms with E-state index in [1.807, 2.05) is 51.1 Å². The minimum absolute atomic E-state index is 0.0314. The molecule has 0 spiro atoms. The molecule has 6 heteroatoms. The predicted octanol–water partition coefficient (Wildman–Crippen LogP) is 2.33. The topological polar surface area (TPSA) is 58.6 Å². The van der Waals surface area contributed by atoms with E-state index in [-0.39, 0.29) is 34.6 Å². The van der Waals surface area contributed by atoms with Crippen molar-refractivity contribution in [3.05, 3.63) is 48.0 Å². The third kappa shape index (κ3) is 3.46. The van der Waals surface area contributed by atoms with Crippen LogP contribution in [-0.4, -0.2) is 45.5 Å². The maximum atomic E-state index is 12.7. The van der Waals surface area contributed by atoms with Crippen molar-refractivity contribution >= 4 is 23.6 Å². The van der Waals surface area contributed by atoms with Crippen LogP contribution in [0.15, 0.2) is 42.5 Å². The molecule has 1 aromatic carbocycles. The lowest BCUT2D eigenvalue weighted by molar-refractivity contribution is -0.164. The van der Waals surface area contributed by atoms with Crippen molar-refractivity contribution in [3.8, 4) is 0 Å². The number of hydrogen-bond acceptors (Lipinski definition) is 5. The average molecular weight is 360 g/mol. The van der Waals surface area contributed by atoms with Gasteiger partial charge in [-0.05, 0) is 26.3 Å². The van der Waals surface area contributed by atoms with Crippen molar-refractivity contribution < 1.29 is 14.3 Å². The summed E-state index contributed by atoms with van der Waals surface area (Å²) in [6.45, 7) is 10.6. The summed E-state index contributed by atoms with van der Waals surface area (Å²) in [6.07, 6.45) is 0. The summed E-state index contributed by atoms with van der Waals surface area (Å²) in [7, 11) is 0. The summed E-state index contributed by atoms with van der Waals surface area (Å²) in [6, 6.07) is 8.75. The van der Waals surface area contributed by atoms with Crippen LogP contribution in [0.5, 0.6) is 0 Å². The van der Waals surface area contributed by atoms with Gasteiger partial charge in [0.1, 0.15) is 24.1 Å². The molecule has 2 heterocycles. The first kappa shape index (κ1) is 18.0. The van der Waals surface area contributed by atoms with Crippen molar-refractivity contribution in [2.45, 2.75) is 49.6 Å². The van der Waals surface area contributed by atoms with E-state index in [4.69, 9.17) is 4.74 Å². The fourth-order valence-corrected chi connectivity index (χ4v) is 4.92. The fourth-order valence-electron chi connectivity index (χ4n) is 3.27. The Bertz CT molecular complexity index is 689. The Balaban J connectivity index is 1.66. The van der Waals surface area contributed by atoms with E-state index in [0.717, 1.165) is 11.1 Å². The molecular weight excluding hydrogens is 336 g/mol. The summed E-state index contributed by atoms with van der Waals surface area (Å²) < 4.78 is 5.12. The Hall–Kier alpha value is -1.79. The quantitative estimate of drug-likeness (QED) is 0.479. The molecule has 3 atom stereocenters. The Morgan fingerprint density at radius 2 is 2.04 bits per heavy atom. The zero-order valence-corrected chi connectivity index (χ0v) is 15.6. The van der Waals surface area contributed by atoms with Gasteiger partial charge in [0, 0.05) is 11.3 Å². The van der Waals surface area contributed by atoms with E-state index in [2.05, 4.69) is 11.9 Å². The molecule has 134 valence electrons. The SMILES string of the molecule is C=C(C)CNC1C(=O)N2[C@@H]1SC(C)(C)[C@@H]2C(=O)OCc1ccccc1. The van der Waals surface area contributed by atoms with Gasteiger partial charge in [-0.3, -0.25) is 10.1 Å². The zero-order valence-electron chi connectivity index (χ0n) is 14.8. The van der Waals surface area contributed by atoms with Crippen molar-refractivity contribution in [2.75, 3.05) is 6.54 Å². The van der Waals surface area contributed by atoms with Crippen LogP contribution in [0.25, 0.3) is 0 Å². The molecule has 2 saturated heterocycles. The highest BCUT2D eigenvalue weighted by Gasteiger charge is 2.63. The Labute approximate surface area is 152 Å². The maximum Gasteiger partial charge on any atom is 0.330 e. The molecule has 25 heavy (non-hydrogen) atoms. The molecule has 0 aliphatic carbocycles. The highest BCUT2D eigenvalue weighted by atomic mass is 32.2. The number of carbonyl (C=O) groups excluding carboxylic acids is 2. The highest BCUT2D eigenvalue weighted by Crippen LogP contribution is 2.51. The number of rotatable bonds is 6. The van der Waals surface area contributed by atoms with Gasteiger partial charge >= 0.3 is 5.97 Å². The van der Waals surface area contributed by atoms with Gasteiger partial charge in [0.2, 0.25) is 5.91 Å². The lowest BCUT2D eigenvalue weighted by Crippen LogP contribution is -2.70. The number of nitrogens with one attached hydrogen (secondary N) is 1. The Kier molecular flexibility index (Phi) is 4.93. The third-order valence-electron chi connectivity index (χ3n) is 4.51. The normalized spacial score (nSPS) is 26.8. The molecule has 0 saturated carbocycles. The van der Waals surface area contributed by atoms with Gasteiger partial charge in [0.15, 0.2) is 0 Å². The Morgan fingerprint density at radius 1 is 1.36 bits per heavy atom. The molecule has 3 rings (SSSR count). The molecule has 1 N–H and O–H groups in total. The monoisotopic (exact) mass is 360 g/mol. The summed E-state index contributed by atoms with van der Waals surface area (Å²) in [4.78, 5) is 26.9. The molecule has 2 aliphatic heterocycles. The molecule has 2 aliphatic rings. The third-order valence-corrected chi connectivity index (χ3v) is 6.08. The number of fused-ring (bicyclic) bond motifs is 1. The maximum absolute atomic E-state index is 12.7. The van der Waals surface area contributed by atoms with E-state index in [9.17, 15) is 9.59 Å². The second-order valence-corrected chi connectivity index (χ2v) is 8.94. The first-order chi connectivity index (χ1) is 11.8. The molecular formula is C19H24N2O3S. The number of nitrogens with zero attached hydrogens (tertiary/aromatic N) is 1. The number of ether oxygens (including phenoxy) is 1. The first-order valence-corrected chi connectivity index (χ1v) is 9.27. The van der Waals surface area contributed by atoms with Gasteiger partial charge in [0.05, 0.1) is 0 Å². The summed E-state index contributed by atoms with van der Waals surface area (Å²) in [5.41, 5.74) is 1.92. The van der Waals surface area contributed by atoms with Gasteiger partial charge in [-0.15, -0.1) is 11.8 Å². The fraction of sp³-hybridized carbons (Fsp3) is 0.474. The van der Waals surface area contributed by atoms with E-state index in [0.29, 0.717) is 6.54 Å². The van der Waals surface area contributed by atoms with Crippen molar-refractivity contribution in [2.24, 2.45) is 0 Å². The summed E-state index contributed by atoms with van der Waals surface area (Å²) in [5.74, 6) is -0.374. The van der Waals surface area contributed by atoms with Crippen molar-refractivity contribution in [1.29, 1.82) is 0 Å². The van der Waals surface area contributed by atoms with Gasteiger partial charge in [-0.1, -0.05) is 42.5 Å². The first-order valence-electron chi connectivity index (χ1n) is 8.39. The molecule has 1 unspecified atom stereocenters. The lowest BCUT2D eigenvalue weighted by atomic mass is 9.96. The van der Waals surface area contributed by atoms with Crippen LogP contribution < -0.4 is 5.32 Å². The van der Waals surface area contributed by atoms with Gasteiger partial charge < -0.3 is 9.64 Å². The number of hydrogen-bond donors (Lipinski definition) is 1. The van der Waals surface area contributed by atoms with Crippen LogP contribution in [0, 0.1) is 0 Å². The number of β-lactam (4-membered cyclic amide) rings is 1. The lowest BCUT2D eigenvalue weighted by Gasteiger charge is -2.44. The van der Waals surface area contributed by atoms with Crippen molar-refractivity contribution in [1.82, 2.24) is 10.2 Å². The van der Waals surface area contributed by atoms with Crippen LogP contribution in [0.2, 0.25) is 0 Å².